The first kappa shape index (κ1) is 18.2. The van der Waals surface area contributed by atoms with Crippen LogP contribution in [-0.2, 0) is 13.2 Å². The number of halogens is 3. The van der Waals surface area contributed by atoms with E-state index >= 15 is 0 Å². The second-order valence-corrected chi connectivity index (χ2v) is 6.28. The lowest BCUT2D eigenvalue weighted by Gasteiger charge is -2.36. The number of anilines is 1. The molecule has 2 aromatic heterocycles. The van der Waals surface area contributed by atoms with Crippen molar-refractivity contribution in [1.82, 2.24) is 24.6 Å². The molecule has 0 unspecified atom stereocenters. The molecule has 26 heavy (non-hydrogen) atoms. The molecule has 1 aliphatic rings. The van der Waals surface area contributed by atoms with E-state index in [-0.39, 0.29) is 17.9 Å². The molecule has 1 saturated heterocycles. The zero-order valence-electron chi connectivity index (χ0n) is 14.4. The van der Waals surface area contributed by atoms with Crippen LogP contribution in [-0.4, -0.2) is 56.7 Å². The average Bonchev–Trinajstić information content (AvgIpc) is 3.06. The Morgan fingerprint density at radius 3 is 2.58 bits per heavy atom. The molecular weight excluding hydrogens is 349 g/mol. The van der Waals surface area contributed by atoms with Crippen molar-refractivity contribution in [2.24, 2.45) is 7.05 Å². The van der Waals surface area contributed by atoms with Crippen molar-refractivity contribution in [2.45, 2.75) is 25.1 Å². The minimum Gasteiger partial charge on any atom is -0.341 e. The van der Waals surface area contributed by atoms with E-state index < -0.39 is 11.9 Å². The maximum absolute atomic E-state index is 12.8. The summed E-state index contributed by atoms with van der Waals surface area (Å²) >= 11 is 0. The summed E-state index contributed by atoms with van der Waals surface area (Å²) in [6.45, 7) is 1.03. The quantitative estimate of drug-likeness (QED) is 0.829. The molecule has 0 N–H and O–H groups in total. The smallest absolute Gasteiger partial charge is 0.341 e. The largest absolute Gasteiger partial charge is 0.433 e. The third-order valence-corrected chi connectivity index (χ3v) is 4.50. The van der Waals surface area contributed by atoms with E-state index in [1.165, 1.54) is 6.20 Å². The van der Waals surface area contributed by atoms with Gasteiger partial charge in [-0.2, -0.15) is 18.3 Å². The summed E-state index contributed by atoms with van der Waals surface area (Å²) in [7, 11) is 3.42. The number of nitrogens with zero attached hydrogens (tertiary/aromatic N) is 6. The highest BCUT2D eigenvalue weighted by Gasteiger charge is 2.34. The molecule has 0 saturated carbocycles. The van der Waals surface area contributed by atoms with E-state index in [1.54, 1.807) is 34.8 Å². The summed E-state index contributed by atoms with van der Waals surface area (Å²) in [6, 6.07) is 0.823. The Bertz CT molecular complexity index is 782. The van der Waals surface area contributed by atoms with Gasteiger partial charge < -0.3 is 9.80 Å². The van der Waals surface area contributed by atoms with Gasteiger partial charge in [-0.25, -0.2) is 9.97 Å². The monoisotopic (exact) mass is 368 g/mol. The lowest BCUT2D eigenvalue weighted by Crippen LogP contribution is -2.46. The third kappa shape index (κ3) is 3.78. The minimum atomic E-state index is -4.50. The first-order valence-corrected chi connectivity index (χ1v) is 8.16. The lowest BCUT2D eigenvalue weighted by molar-refractivity contribution is -0.141. The van der Waals surface area contributed by atoms with E-state index in [2.05, 4.69) is 15.1 Å². The van der Waals surface area contributed by atoms with Crippen LogP contribution in [0, 0.1) is 0 Å². The maximum Gasteiger partial charge on any atom is 0.433 e. The number of alkyl halides is 3. The van der Waals surface area contributed by atoms with E-state index in [9.17, 15) is 18.0 Å². The second kappa shape index (κ2) is 6.93. The second-order valence-electron chi connectivity index (χ2n) is 6.28. The third-order valence-electron chi connectivity index (χ3n) is 4.50. The summed E-state index contributed by atoms with van der Waals surface area (Å²) in [6.07, 6.45) is 1.05. The molecule has 1 amide bonds. The van der Waals surface area contributed by atoms with Gasteiger partial charge in [0, 0.05) is 45.6 Å². The van der Waals surface area contributed by atoms with Crippen LogP contribution in [0.3, 0.4) is 0 Å². The summed E-state index contributed by atoms with van der Waals surface area (Å²) < 4.78 is 40.0. The Hall–Kier alpha value is -2.65. The zero-order chi connectivity index (χ0) is 18.9. The topological polar surface area (TPSA) is 67.2 Å². The lowest BCUT2D eigenvalue weighted by atomic mass is 10.0. The Labute approximate surface area is 148 Å². The van der Waals surface area contributed by atoms with Crippen LogP contribution in [0.2, 0.25) is 0 Å². The number of amides is 1. The number of hydrogen-bond donors (Lipinski definition) is 0. The van der Waals surface area contributed by atoms with Gasteiger partial charge >= 0.3 is 6.18 Å². The fourth-order valence-electron chi connectivity index (χ4n) is 3.01. The number of likely N-dealkylation sites (tertiary alicyclic amines) is 1. The van der Waals surface area contributed by atoms with E-state index in [1.807, 2.05) is 0 Å². The van der Waals surface area contributed by atoms with Gasteiger partial charge in [-0.15, -0.1) is 0 Å². The molecule has 0 aliphatic carbocycles. The van der Waals surface area contributed by atoms with E-state index in [0.29, 0.717) is 31.5 Å². The van der Waals surface area contributed by atoms with Crippen LogP contribution in [0.4, 0.5) is 19.1 Å². The Morgan fingerprint density at radius 2 is 2.00 bits per heavy atom. The van der Waals surface area contributed by atoms with Gasteiger partial charge in [-0.05, 0) is 18.9 Å². The Balaban J connectivity index is 1.63. The molecule has 1 aliphatic heterocycles. The molecule has 0 bridgehead atoms. The van der Waals surface area contributed by atoms with E-state index in [0.717, 1.165) is 12.3 Å². The summed E-state index contributed by atoms with van der Waals surface area (Å²) in [5.74, 6) is -0.0496. The summed E-state index contributed by atoms with van der Waals surface area (Å²) in [5, 5.41) is 4.00. The number of rotatable bonds is 3. The van der Waals surface area contributed by atoms with Crippen LogP contribution < -0.4 is 4.90 Å². The number of piperidine rings is 1. The number of aromatic nitrogens is 4. The van der Waals surface area contributed by atoms with Gasteiger partial charge in [-0.1, -0.05) is 0 Å². The van der Waals surface area contributed by atoms with Crippen molar-refractivity contribution in [2.75, 3.05) is 25.0 Å². The minimum absolute atomic E-state index is 0.0311. The zero-order valence-corrected chi connectivity index (χ0v) is 14.4. The van der Waals surface area contributed by atoms with Crippen molar-refractivity contribution in [1.29, 1.82) is 0 Å². The van der Waals surface area contributed by atoms with Gasteiger partial charge in [0.05, 0.1) is 11.8 Å². The van der Waals surface area contributed by atoms with Gasteiger partial charge in [0.2, 0.25) is 5.95 Å². The SMILES string of the molecule is CN(c1nccc(C(F)(F)F)n1)C1CCN(C(=O)c2cnn(C)c2)CC1. The highest BCUT2D eigenvalue weighted by atomic mass is 19.4. The number of carbonyl (C=O) groups excluding carboxylic acids is 1. The fraction of sp³-hybridized carbons (Fsp3) is 0.500. The maximum atomic E-state index is 12.8. The Morgan fingerprint density at radius 1 is 1.31 bits per heavy atom. The standard InChI is InChI=1S/C16H19F3N6O/c1-23-10-11(9-21-23)14(26)25-7-4-12(5-8-25)24(2)15-20-6-3-13(22-15)16(17,18)19/h3,6,9-10,12H,4-5,7-8H2,1-2H3. The van der Waals surface area contributed by atoms with Crippen LogP contribution in [0.25, 0.3) is 0 Å². The molecule has 0 aromatic carbocycles. The number of hydrogen-bond acceptors (Lipinski definition) is 5. The first-order chi connectivity index (χ1) is 12.3. The molecule has 0 spiro atoms. The van der Waals surface area contributed by atoms with Crippen LogP contribution in [0.15, 0.2) is 24.7 Å². The predicted molar refractivity (Wildman–Crippen MR) is 87.6 cm³/mol. The van der Waals surface area contributed by atoms with Gasteiger partial charge in [0.1, 0.15) is 5.69 Å². The molecule has 3 rings (SSSR count). The molecule has 2 aromatic rings. The highest BCUT2D eigenvalue weighted by Crippen LogP contribution is 2.29. The fourth-order valence-corrected chi connectivity index (χ4v) is 3.01. The molecule has 0 atom stereocenters. The van der Waals surface area contributed by atoms with Gasteiger partial charge in [-0.3, -0.25) is 9.48 Å². The normalized spacial score (nSPS) is 16.0. The van der Waals surface area contributed by atoms with Crippen LogP contribution in [0.1, 0.15) is 28.9 Å². The summed E-state index contributed by atoms with van der Waals surface area (Å²) in [4.78, 5) is 23.4. The number of aryl methyl sites for hydroxylation is 1. The molecular formula is C16H19F3N6O. The van der Waals surface area contributed by atoms with Gasteiger partial charge in [0.25, 0.3) is 5.91 Å². The van der Waals surface area contributed by atoms with E-state index in [4.69, 9.17) is 0 Å². The summed E-state index contributed by atoms with van der Waals surface area (Å²) in [5.41, 5.74) is -0.431. The molecule has 3 heterocycles. The molecule has 1 fully saturated rings. The highest BCUT2D eigenvalue weighted by molar-refractivity contribution is 5.93. The van der Waals surface area contributed by atoms with Crippen LogP contribution in [0.5, 0.6) is 0 Å². The molecule has 7 nitrogen and oxygen atoms in total. The van der Waals surface area contributed by atoms with Crippen LogP contribution >= 0.6 is 0 Å². The Kier molecular flexibility index (Phi) is 4.84. The number of carbonyl (C=O) groups is 1. The van der Waals surface area contributed by atoms with Crippen molar-refractivity contribution < 1.29 is 18.0 Å². The van der Waals surface area contributed by atoms with Crippen molar-refractivity contribution >= 4 is 11.9 Å². The molecule has 10 heteroatoms. The predicted octanol–water partition coefficient (Wildman–Crippen LogP) is 1.97. The van der Waals surface area contributed by atoms with Crippen molar-refractivity contribution in [3.8, 4) is 0 Å². The van der Waals surface area contributed by atoms with Gasteiger partial charge in [0.15, 0.2) is 0 Å². The van der Waals surface area contributed by atoms with Crippen molar-refractivity contribution in [3.63, 3.8) is 0 Å². The first-order valence-electron chi connectivity index (χ1n) is 8.16. The van der Waals surface area contributed by atoms with Crippen molar-refractivity contribution in [3.05, 3.63) is 35.9 Å². The molecule has 140 valence electrons. The molecule has 0 radical (unpaired) electrons. The average molecular weight is 368 g/mol.